The van der Waals surface area contributed by atoms with Crippen LogP contribution in [0.4, 0.5) is 11.4 Å². The van der Waals surface area contributed by atoms with Gasteiger partial charge in [0.15, 0.2) is 0 Å². The number of rotatable bonds is 3. The van der Waals surface area contributed by atoms with Crippen molar-refractivity contribution in [1.29, 1.82) is 0 Å². The van der Waals surface area contributed by atoms with E-state index in [9.17, 15) is 20.0 Å². The Kier molecular flexibility index (Phi) is 4.37. The van der Waals surface area contributed by atoms with Crippen LogP contribution in [0.1, 0.15) is 12.5 Å². The molecular formula is C17H12BrN3O4. The van der Waals surface area contributed by atoms with Crippen molar-refractivity contribution in [3.8, 4) is 5.75 Å². The zero-order chi connectivity index (χ0) is 18.1. The van der Waals surface area contributed by atoms with Crippen molar-refractivity contribution in [3.63, 3.8) is 0 Å². The van der Waals surface area contributed by atoms with Crippen LogP contribution < -0.4 is 5.01 Å². The van der Waals surface area contributed by atoms with Gasteiger partial charge in [-0.15, -0.1) is 0 Å². The Bertz CT molecular complexity index is 938. The topological polar surface area (TPSA) is 96.0 Å². The number of phenolic OH excluding ortho intramolecular Hbond substituents is 1. The van der Waals surface area contributed by atoms with Crippen molar-refractivity contribution in [1.82, 2.24) is 0 Å². The number of nitro benzene ring substituents is 1. The Labute approximate surface area is 151 Å². The Morgan fingerprint density at radius 1 is 1.28 bits per heavy atom. The summed E-state index contributed by atoms with van der Waals surface area (Å²) < 4.78 is 0.175. The lowest BCUT2D eigenvalue weighted by Gasteiger charge is -2.11. The van der Waals surface area contributed by atoms with Crippen molar-refractivity contribution in [2.24, 2.45) is 5.10 Å². The summed E-state index contributed by atoms with van der Waals surface area (Å²) in [5.41, 5.74) is 1.28. The smallest absolute Gasteiger partial charge is 0.280 e. The minimum atomic E-state index is -0.570. The second-order valence-electron chi connectivity index (χ2n) is 5.32. The molecule has 2 aromatic carbocycles. The first-order chi connectivity index (χ1) is 11.9. The number of para-hydroxylation sites is 1. The van der Waals surface area contributed by atoms with Gasteiger partial charge in [0.1, 0.15) is 5.75 Å². The molecule has 1 aliphatic heterocycles. The normalized spacial score (nSPS) is 15.6. The van der Waals surface area contributed by atoms with E-state index in [0.29, 0.717) is 11.4 Å². The molecule has 3 rings (SSSR count). The fraction of sp³-hybridized carbons (Fsp3) is 0.0588. The molecule has 126 valence electrons. The van der Waals surface area contributed by atoms with Crippen LogP contribution in [0, 0.1) is 10.1 Å². The summed E-state index contributed by atoms with van der Waals surface area (Å²) in [6.07, 6.45) is 1.40. The van der Waals surface area contributed by atoms with Crippen LogP contribution >= 0.6 is 15.9 Å². The SMILES string of the molecule is CC1=NN(c2ccccc2)C(=O)/C1=C/c1cc([N+](=O)[O-])cc(Br)c1O. The maximum Gasteiger partial charge on any atom is 0.280 e. The van der Waals surface area contributed by atoms with Gasteiger partial charge in [0, 0.05) is 17.7 Å². The number of nitrogens with zero attached hydrogens (tertiary/aromatic N) is 3. The number of phenols is 1. The van der Waals surface area contributed by atoms with Gasteiger partial charge in [-0.2, -0.15) is 10.1 Å². The van der Waals surface area contributed by atoms with Gasteiger partial charge >= 0.3 is 0 Å². The van der Waals surface area contributed by atoms with E-state index < -0.39 is 4.92 Å². The number of hydrogen-bond acceptors (Lipinski definition) is 5. The molecule has 0 fully saturated rings. The second-order valence-corrected chi connectivity index (χ2v) is 6.17. The highest BCUT2D eigenvalue weighted by Gasteiger charge is 2.29. The average Bonchev–Trinajstić information content (AvgIpc) is 2.87. The zero-order valence-electron chi connectivity index (χ0n) is 13.0. The fourth-order valence-electron chi connectivity index (χ4n) is 2.40. The predicted octanol–water partition coefficient (Wildman–Crippen LogP) is 3.87. The highest BCUT2D eigenvalue weighted by Crippen LogP contribution is 2.35. The number of amides is 1. The molecular weight excluding hydrogens is 390 g/mol. The molecule has 0 atom stereocenters. The van der Waals surface area contributed by atoms with E-state index in [0.717, 1.165) is 0 Å². The molecule has 0 aromatic heterocycles. The summed E-state index contributed by atoms with van der Waals surface area (Å²) >= 11 is 3.08. The molecule has 8 heteroatoms. The highest BCUT2D eigenvalue weighted by atomic mass is 79.9. The van der Waals surface area contributed by atoms with Crippen LogP contribution in [0.2, 0.25) is 0 Å². The van der Waals surface area contributed by atoms with Crippen LogP contribution in [-0.2, 0) is 4.79 Å². The van der Waals surface area contributed by atoms with Gasteiger partial charge in [0.05, 0.1) is 26.4 Å². The number of hydrazone groups is 1. The second kappa shape index (κ2) is 6.48. The minimum Gasteiger partial charge on any atom is -0.506 e. The van der Waals surface area contributed by atoms with Crippen LogP contribution in [-0.4, -0.2) is 21.6 Å². The summed E-state index contributed by atoms with van der Waals surface area (Å²) in [5.74, 6) is -0.553. The molecule has 0 unspecified atom stereocenters. The van der Waals surface area contributed by atoms with Crippen molar-refractivity contribution in [2.45, 2.75) is 6.92 Å². The molecule has 1 aliphatic rings. The van der Waals surface area contributed by atoms with E-state index in [1.54, 1.807) is 31.2 Å². The number of benzene rings is 2. The van der Waals surface area contributed by atoms with Gasteiger partial charge in [-0.1, -0.05) is 18.2 Å². The van der Waals surface area contributed by atoms with Crippen molar-refractivity contribution < 1.29 is 14.8 Å². The minimum absolute atomic E-state index is 0.161. The van der Waals surface area contributed by atoms with E-state index in [1.807, 2.05) is 6.07 Å². The standard InChI is InChI=1S/C17H12BrN3O4/c1-10-14(17(23)20(19-10)12-5-3-2-4-6-12)8-11-7-13(21(24)25)9-15(18)16(11)22/h2-9,22H,1H3/b14-8+. The van der Waals surface area contributed by atoms with Crippen LogP contribution in [0.5, 0.6) is 5.75 Å². The first kappa shape index (κ1) is 16.8. The van der Waals surface area contributed by atoms with Crippen molar-refractivity contribution in [2.75, 3.05) is 5.01 Å². The molecule has 1 N–H and O–H groups in total. The Morgan fingerprint density at radius 2 is 1.96 bits per heavy atom. The van der Waals surface area contributed by atoms with Gasteiger partial charge in [-0.3, -0.25) is 14.9 Å². The number of nitro groups is 1. The summed E-state index contributed by atoms with van der Waals surface area (Å²) in [7, 11) is 0. The lowest BCUT2D eigenvalue weighted by Crippen LogP contribution is -2.21. The van der Waals surface area contributed by atoms with Crippen molar-refractivity contribution >= 4 is 45.0 Å². The number of halogens is 1. The zero-order valence-corrected chi connectivity index (χ0v) is 14.6. The van der Waals surface area contributed by atoms with Gasteiger partial charge < -0.3 is 5.11 Å². The van der Waals surface area contributed by atoms with Crippen LogP contribution in [0.25, 0.3) is 6.08 Å². The maximum absolute atomic E-state index is 12.7. The largest absolute Gasteiger partial charge is 0.506 e. The summed E-state index contributed by atoms with van der Waals surface area (Å²) in [6, 6.07) is 11.3. The third-order valence-corrected chi connectivity index (χ3v) is 4.26. The molecule has 0 radical (unpaired) electrons. The molecule has 0 saturated heterocycles. The van der Waals surface area contributed by atoms with E-state index in [-0.39, 0.29) is 33.0 Å². The van der Waals surface area contributed by atoms with Crippen LogP contribution in [0.3, 0.4) is 0 Å². The predicted molar refractivity (Wildman–Crippen MR) is 97.5 cm³/mol. The highest BCUT2D eigenvalue weighted by molar-refractivity contribution is 9.10. The Morgan fingerprint density at radius 3 is 2.60 bits per heavy atom. The number of non-ortho nitro benzene ring substituents is 1. The lowest BCUT2D eigenvalue weighted by molar-refractivity contribution is -0.385. The molecule has 1 amide bonds. The summed E-state index contributed by atoms with van der Waals surface area (Å²) in [4.78, 5) is 23.1. The Balaban J connectivity index is 2.04. The monoisotopic (exact) mass is 401 g/mol. The van der Waals surface area contributed by atoms with Crippen LogP contribution in [0.15, 0.2) is 57.6 Å². The molecule has 2 aromatic rings. The molecule has 0 bridgehead atoms. The Hall–Kier alpha value is -3.00. The number of carbonyl (C=O) groups excluding carboxylic acids is 1. The number of aromatic hydroxyl groups is 1. The molecule has 25 heavy (non-hydrogen) atoms. The van der Waals surface area contributed by atoms with Crippen molar-refractivity contribution in [3.05, 3.63) is 68.2 Å². The van der Waals surface area contributed by atoms with E-state index in [4.69, 9.17) is 0 Å². The first-order valence-corrected chi connectivity index (χ1v) is 8.01. The summed E-state index contributed by atoms with van der Waals surface area (Å²) in [6.45, 7) is 1.66. The average molecular weight is 402 g/mol. The first-order valence-electron chi connectivity index (χ1n) is 7.22. The van der Waals surface area contributed by atoms with Gasteiger partial charge in [-0.25, -0.2) is 0 Å². The van der Waals surface area contributed by atoms with Gasteiger partial charge in [0.25, 0.3) is 11.6 Å². The van der Waals surface area contributed by atoms with Gasteiger partial charge in [-0.05, 0) is 41.1 Å². The van der Waals surface area contributed by atoms with E-state index in [2.05, 4.69) is 21.0 Å². The van der Waals surface area contributed by atoms with E-state index >= 15 is 0 Å². The maximum atomic E-state index is 12.7. The van der Waals surface area contributed by atoms with Gasteiger partial charge in [0.2, 0.25) is 0 Å². The molecule has 1 heterocycles. The third kappa shape index (κ3) is 3.16. The molecule has 7 nitrogen and oxygen atoms in total. The lowest BCUT2D eigenvalue weighted by atomic mass is 10.1. The number of anilines is 1. The fourth-order valence-corrected chi connectivity index (χ4v) is 2.87. The quantitative estimate of drug-likeness (QED) is 0.479. The third-order valence-electron chi connectivity index (χ3n) is 3.65. The number of hydrogen-bond donors (Lipinski definition) is 1. The molecule has 0 aliphatic carbocycles. The molecule has 0 saturated carbocycles. The summed E-state index contributed by atoms with van der Waals surface area (Å²) in [5, 5.41) is 26.6. The molecule has 0 spiro atoms. The van der Waals surface area contributed by atoms with E-state index in [1.165, 1.54) is 23.2 Å². The number of carbonyl (C=O) groups is 1.